The van der Waals surface area contributed by atoms with Crippen LogP contribution in [-0.2, 0) is 9.84 Å². The van der Waals surface area contributed by atoms with Crippen molar-refractivity contribution in [1.82, 2.24) is 4.90 Å². The zero-order valence-electron chi connectivity index (χ0n) is 18.4. The van der Waals surface area contributed by atoms with Gasteiger partial charge in [0.05, 0.1) is 19.6 Å². The number of nitrogens with zero attached hydrogens (tertiary/aromatic N) is 3. The molecule has 0 amide bonds. The van der Waals surface area contributed by atoms with Crippen molar-refractivity contribution >= 4 is 26.9 Å². The van der Waals surface area contributed by atoms with Gasteiger partial charge in [-0.25, -0.2) is 8.42 Å². The number of hydrogen-bond donors (Lipinski definition) is 1. The second-order valence-electron chi connectivity index (χ2n) is 7.41. The SMILES string of the molecule is CCN(CC)CCCC(C)Nc1ccc(S(=O)(=O)c2ccc([N+](=O)[O-])cc2)cc1[N+](=O)[O-]. The first-order valence-corrected chi connectivity index (χ1v) is 11.8. The van der Waals surface area contributed by atoms with E-state index < -0.39 is 19.7 Å². The van der Waals surface area contributed by atoms with Crippen molar-refractivity contribution in [2.45, 2.75) is 49.4 Å². The van der Waals surface area contributed by atoms with Gasteiger partial charge in [0, 0.05) is 24.2 Å². The van der Waals surface area contributed by atoms with Crippen LogP contribution in [0.5, 0.6) is 0 Å². The summed E-state index contributed by atoms with van der Waals surface area (Å²) in [6.07, 6.45) is 1.73. The molecular weight excluding hydrogens is 436 g/mol. The lowest BCUT2D eigenvalue weighted by atomic mass is 10.1. The first kappa shape index (κ1) is 25.2. The first-order chi connectivity index (χ1) is 15.1. The van der Waals surface area contributed by atoms with E-state index in [9.17, 15) is 28.6 Å². The van der Waals surface area contributed by atoms with Gasteiger partial charge in [0.1, 0.15) is 5.69 Å². The second-order valence-corrected chi connectivity index (χ2v) is 9.35. The topological polar surface area (TPSA) is 136 Å². The highest BCUT2D eigenvalue weighted by Crippen LogP contribution is 2.31. The third-order valence-electron chi connectivity index (χ3n) is 5.24. The van der Waals surface area contributed by atoms with Crippen LogP contribution in [0.15, 0.2) is 52.3 Å². The van der Waals surface area contributed by atoms with Gasteiger partial charge in [0.15, 0.2) is 0 Å². The summed E-state index contributed by atoms with van der Waals surface area (Å²) >= 11 is 0. The highest BCUT2D eigenvalue weighted by molar-refractivity contribution is 7.91. The molecule has 1 unspecified atom stereocenters. The Kier molecular flexibility index (Phi) is 8.67. The quantitative estimate of drug-likeness (QED) is 0.363. The van der Waals surface area contributed by atoms with Gasteiger partial charge in [0.25, 0.3) is 11.4 Å². The van der Waals surface area contributed by atoms with Crippen LogP contribution in [0.25, 0.3) is 0 Å². The Hall–Kier alpha value is -3.05. The number of nitro groups is 2. The van der Waals surface area contributed by atoms with Crippen LogP contribution >= 0.6 is 0 Å². The fourth-order valence-electron chi connectivity index (χ4n) is 3.33. The molecule has 32 heavy (non-hydrogen) atoms. The molecule has 2 rings (SSSR count). The van der Waals surface area contributed by atoms with E-state index in [2.05, 4.69) is 24.1 Å². The molecule has 10 nitrogen and oxygen atoms in total. The number of hydrogen-bond acceptors (Lipinski definition) is 8. The van der Waals surface area contributed by atoms with Crippen LogP contribution in [0.4, 0.5) is 17.1 Å². The normalized spacial score (nSPS) is 12.5. The molecule has 0 bridgehead atoms. The number of benzene rings is 2. The molecule has 0 heterocycles. The summed E-state index contributed by atoms with van der Waals surface area (Å²) in [7, 11) is -4.07. The van der Waals surface area contributed by atoms with E-state index in [1.54, 1.807) is 0 Å². The Labute approximate surface area is 187 Å². The number of nitrogens with one attached hydrogen (secondary N) is 1. The Bertz CT molecular complexity index is 1050. The smallest absolute Gasteiger partial charge is 0.293 e. The van der Waals surface area contributed by atoms with Gasteiger partial charge in [-0.05, 0) is 63.7 Å². The molecule has 0 fully saturated rings. The third kappa shape index (κ3) is 6.24. The minimum absolute atomic E-state index is 0.0404. The van der Waals surface area contributed by atoms with Crippen molar-refractivity contribution in [1.29, 1.82) is 0 Å². The van der Waals surface area contributed by atoms with Gasteiger partial charge < -0.3 is 10.2 Å². The molecule has 0 aliphatic carbocycles. The zero-order valence-corrected chi connectivity index (χ0v) is 19.2. The van der Waals surface area contributed by atoms with Crippen molar-refractivity contribution in [2.24, 2.45) is 0 Å². The summed E-state index contributed by atoms with van der Waals surface area (Å²) in [5.74, 6) is 0. The predicted molar refractivity (Wildman–Crippen MR) is 122 cm³/mol. The molecule has 0 aromatic heterocycles. The summed E-state index contributed by atoms with van der Waals surface area (Å²) in [5.41, 5.74) is -0.346. The molecule has 1 N–H and O–H groups in total. The van der Waals surface area contributed by atoms with Gasteiger partial charge in [-0.1, -0.05) is 13.8 Å². The standard InChI is InChI=1S/C21H28N4O6S/c1-4-23(5-2)14-6-7-16(3)22-20-13-12-19(15-21(20)25(28)29)32(30,31)18-10-8-17(9-11-18)24(26)27/h8-13,15-16,22H,4-7,14H2,1-3H3. The van der Waals surface area contributed by atoms with Crippen molar-refractivity contribution in [3.8, 4) is 0 Å². The van der Waals surface area contributed by atoms with Crippen LogP contribution in [0.3, 0.4) is 0 Å². The van der Waals surface area contributed by atoms with E-state index in [4.69, 9.17) is 0 Å². The van der Waals surface area contributed by atoms with E-state index in [0.717, 1.165) is 62.8 Å². The lowest BCUT2D eigenvalue weighted by molar-refractivity contribution is -0.384. The minimum atomic E-state index is -4.07. The number of anilines is 1. The Morgan fingerprint density at radius 2 is 1.56 bits per heavy atom. The Morgan fingerprint density at radius 3 is 2.09 bits per heavy atom. The summed E-state index contributed by atoms with van der Waals surface area (Å²) in [6, 6.07) is 8.05. The highest BCUT2D eigenvalue weighted by atomic mass is 32.2. The molecule has 0 aliphatic rings. The number of nitro benzene ring substituents is 2. The van der Waals surface area contributed by atoms with Gasteiger partial charge in [0.2, 0.25) is 9.84 Å². The lowest BCUT2D eigenvalue weighted by Crippen LogP contribution is -2.25. The molecule has 174 valence electrons. The molecule has 0 aliphatic heterocycles. The van der Waals surface area contributed by atoms with Gasteiger partial charge in [-0.15, -0.1) is 0 Å². The second kappa shape index (κ2) is 11.0. The van der Waals surface area contributed by atoms with Crippen molar-refractivity contribution in [3.05, 3.63) is 62.7 Å². The highest BCUT2D eigenvalue weighted by Gasteiger charge is 2.24. The van der Waals surface area contributed by atoms with E-state index in [-0.39, 0.29) is 32.9 Å². The summed E-state index contributed by atoms with van der Waals surface area (Å²) < 4.78 is 25.7. The third-order valence-corrected chi connectivity index (χ3v) is 7.01. The molecule has 2 aromatic rings. The Balaban J connectivity index is 2.21. The average molecular weight is 465 g/mol. The van der Waals surface area contributed by atoms with Gasteiger partial charge in [-0.3, -0.25) is 20.2 Å². The molecule has 0 saturated heterocycles. The molecule has 0 saturated carbocycles. The van der Waals surface area contributed by atoms with Crippen molar-refractivity contribution < 1.29 is 18.3 Å². The van der Waals surface area contributed by atoms with E-state index >= 15 is 0 Å². The maximum atomic E-state index is 12.9. The molecule has 0 spiro atoms. The molecular formula is C21H28N4O6S. The maximum absolute atomic E-state index is 12.9. The fourth-order valence-corrected chi connectivity index (χ4v) is 4.61. The Morgan fingerprint density at radius 1 is 0.969 bits per heavy atom. The predicted octanol–water partition coefficient (Wildman–Crippen LogP) is 4.26. The summed E-state index contributed by atoms with van der Waals surface area (Å²) in [4.78, 5) is 23.0. The largest absolute Gasteiger partial charge is 0.377 e. The minimum Gasteiger partial charge on any atom is -0.377 e. The van der Waals surface area contributed by atoms with Crippen LogP contribution < -0.4 is 5.32 Å². The van der Waals surface area contributed by atoms with Crippen molar-refractivity contribution in [3.63, 3.8) is 0 Å². The van der Waals surface area contributed by atoms with E-state index in [1.807, 2.05) is 6.92 Å². The molecule has 1 atom stereocenters. The summed E-state index contributed by atoms with van der Waals surface area (Å²) in [5, 5.41) is 25.5. The van der Waals surface area contributed by atoms with Crippen molar-refractivity contribution in [2.75, 3.05) is 25.0 Å². The molecule has 0 radical (unpaired) electrons. The van der Waals surface area contributed by atoms with Crippen LogP contribution in [0.2, 0.25) is 0 Å². The number of non-ortho nitro benzene ring substituents is 1. The average Bonchev–Trinajstić information content (AvgIpc) is 2.76. The number of rotatable bonds is 12. The van der Waals surface area contributed by atoms with E-state index in [0.29, 0.717) is 0 Å². The van der Waals surface area contributed by atoms with Gasteiger partial charge >= 0.3 is 0 Å². The summed E-state index contributed by atoms with van der Waals surface area (Å²) in [6.45, 7) is 8.99. The van der Waals surface area contributed by atoms with Crippen LogP contribution in [0.1, 0.15) is 33.6 Å². The van der Waals surface area contributed by atoms with Gasteiger partial charge in [-0.2, -0.15) is 0 Å². The molecule has 2 aromatic carbocycles. The van der Waals surface area contributed by atoms with E-state index in [1.165, 1.54) is 12.1 Å². The maximum Gasteiger partial charge on any atom is 0.293 e. The zero-order chi connectivity index (χ0) is 23.9. The van der Waals surface area contributed by atoms with Crippen LogP contribution in [0, 0.1) is 20.2 Å². The first-order valence-electron chi connectivity index (χ1n) is 10.4. The lowest BCUT2D eigenvalue weighted by Gasteiger charge is -2.20. The monoisotopic (exact) mass is 464 g/mol. The fraction of sp³-hybridized carbons (Fsp3) is 0.429. The number of sulfone groups is 1. The molecule has 11 heteroatoms. The van der Waals surface area contributed by atoms with Crippen LogP contribution in [-0.4, -0.2) is 48.8 Å².